The Balaban J connectivity index is 1.98. The zero-order valence-electron chi connectivity index (χ0n) is 9.75. The quantitative estimate of drug-likeness (QED) is 0.939. The Kier molecular flexibility index (Phi) is 3.96. The summed E-state index contributed by atoms with van der Waals surface area (Å²) in [5, 5.41) is 6.78. The fraction of sp³-hybridized carbons (Fsp3) is 0.250. The molecule has 1 aromatic carbocycles. The summed E-state index contributed by atoms with van der Waals surface area (Å²) in [6, 6.07) is 2.46. The lowest BCUT2D eigenvalue weighted by Crippen LogP contribution is -2.08. The van der Waals surface area contributed by atoms with Gasteiger partial charge in [0.15, 0.2) is 0 Å². The molecule has 1 aromatic heterocycles. The number of nitrogens with zero attached hydrogens (tertiary/aromatic N) is 2. The van der Waals surface area contributed by atoms with Crippen molar-refractivity contribution in [2.24, 2.45) is 7.05 Å². The topological polar surface area (TPSA) is 29.9 Å². The van der Waals surface area contributed by atoms with E-state index in [4.69, 9.17) is 0 Å². The SMILES string of the molecule is Cn1cc(CCNc2c(F)cc(Br)cc2F)cn1. The van der Waals surface area contributed by atoms with Crippen molar-refractivity contribution in [1.29, 1.82) is 0 Å². The normalized spacial score (nSPS) is 10.7. The standard InChI is InChI=1S/C12H12BrF2N3/c1-18-7-8(6-17-18)2-3-16-12-10(14)4-9(13)5-11(12)15/h4-7,16H,2-3H2,1H3. The van der Waals surface area contributed by atoms with Crippen LogP contribution in [0.3, 0.4) is 0 Å². The fourth-order valence-corrected chi connectivity index (χ4v) is 2.05. The lowest BCUT2D eigenvalue weighted by atomic mass is 10.2. The minimum Gasteiger partial charge on any atom is -0.380 e. The lowest BCUT2D eigenvalue weighted by Gasteiger charge is -2.08. The number of hydrogen-bond donors (Lipinski definition) is 1. The zero-order chi connectivity index (χ0) is 13.1. The van der Waals surface area contributed by atoms with Gasteiger partial charge in [-0.05, 0) is 24.1 Å². The van der Waals surface area contributed by atoms with E-state index in [0.29, 0.717) is 17.4 Å². The van der Waals surface area contributed by atoms with Crippen molar-refractivity contribution in [1.82, 2.24) is 9.78 Å². The molecule has 0 saturated heterocycles. The molecule has 0 amide bonds. The van der Waals surface area contributed by atoms with Gasteiger partial charge in [0.1, 0.15) is 17.3 Å². The summed E-state index contributed by atoms with van der Waals surface area (Å²) in [6.45, 7) is 0.446. The van der Waals surface area contributed by atoms with Gasteiger partial charge in [0, 0.05) is 24.3 Å². The summed E-state index contributed by atoms with van der Waals surface area (Å²) in [4.78, 5) is 0. The van der Waals surface area contributed by atoms with Gasteiger partial charge in [-0.3, -0.25) is 4.68 Å². The highest BCUT2D eigenvalue weighted by Crippen LogP contribution is 2.23. The van der Waals surface area contributed by atoms with Crippen LogP contribution >= 0.6 is 15.9 Å². The van der Waals surface area contributed by atoms with Crippen LogP contribution in [0.2, 0.25) is 0 Å². The number of anilines is 1. The largest absolute Gasteiger partial charge is 0.380 e. The first-order valence-corrected chi connectivity index (χ1v) is 6.21. The van der Waals surface area contributed by atoms with Crippen molar-refractivity contribution >= 4 is 21.6 Å². The first kappa shape index (κ1) is 13.0. The minimum atomic E-state index is -0.604. The zero-order valence-corrected chi connectivity index (χ0v) is 11.3. The lowest BCUT2D eigenvalue weighted by molar-refractivity contribution is 0.586. The molecule has 0 aliphatic heterocycles. The molecule has 18 heavy (non-hydrogen) atoms. The van der Waals surface area contributed by atoms with Gasteiger partial charge in [-0.25, -0.2) is 8.78 Å². The van der Waals surface area contributed by atoms with E-state index in [0.717, 1.165) is 5.56 Å². The van der Waals surface area contributed by atoms with E-state index in [-0.39, 0.29) is 5.69 Å². The highest BCUT2D eigenvalue weighted by molar-refractivity contribution is 9.10. The van der Waals surface area contributed by atoms with Crippen LogP contribution in [0.4, 0.5) is 14.5 Å². The summed E-state index contributed by atoms with van der Waals surface area (Å²) in [5.74, 6) is -1.21. The average Bonchev–Trinajstić information content (AvgIpc) is 2.68. The predicted molar refractivity (Wildman–Crippen MR) is 69.5 cm³/mol. The fourth-order valence-electron chi connectivity index (χ4n) is 1.64. The van der Waals surface area contributed by atoms with Gasteiger partial charge in [-0.1, -0.05) is 15.9 Å². The first-order chi connectivity index (χ1) is 8.56. The van der Waals surface area contributed by atoms with Crippen LogP contribution in [-0.4, -0.2) is 16.3 Å². The first-order valence-electron chi connectivity index (χ1n) is 5.42. The second kappa shape index (κ2) is 5.48. The molecule has 1 heterocycles. The maximum absolute atomic E-state index is 13.5. The number of halogens is 3. The second-order valence-electron chi connectivity index (χ2n) is 3.94. The van der Waals surface area contributed by atoms with E-state index < -0.39 is 11.6 Å². The number of nitrogens with one attached hydrogen (secondary N) is 1. The van der Waals surface area contributed by atoms with Gasteiger partial charge in [0.05, 0.1) is 6.20 Å². The third-order valence-electron chi connectivity index (χ3n) is 2.48. The molecular formula is C12H12BrF2N3. The molecule has 3 nitrogen and oxygen atoms in total. The summed E-state index contributed by atoms with van der Waals surface area (Å²) in [6.07, 6.45) is 4.26. The van der Waals surface area contributed by atoms with Crippen molar-refractivity contribution in [2.75, 3.05) is 11.9 Å². The Bertz CT molecular complexity index is 531. The molecule has 0 unspecified atom stereocenters. The molecule has 0 saturated carbocycles. The van der Waals surface area contributed by atoms with E-state index in [9.17, 15) is 8.78 Å². The molecular weight excluding hydrogens is 304 g/mol. The van der Waals surface area contributed by atoms with Crippen molar-refractivity contribution in [3.05, 3.63) is 46.2 Å². The molecule has 96 valence electrons. The average molecular weight is 316 g/mol. The highest BCUT2D eigenvalue weighted by Gasteiger charge is 2.09. The number of aromatic nitrogens is 2. The summed E-state index contributed by atoms with van der Waals surface area (Å²) >= 11 is 3.04. The third kappa shape index (κ3) is 3.07. The molecule has 0 bridgehead atoms. The molecule has 0 fully saturated rings. The smallest absolute Gasteiger partial charge is 0.150 e. The van der Waals surface area contributed by atoms with Gasteiger partial charge >= 0.3 is 0 Å². The minimum absolute atomic E-state index is 0.0953. The van der Waals surface area contributed by atoms with Crippen molar-refractivity contribution < 1.29 is 8.78 Å². The molecule has 2 aromatic rings. The number of aryl methyl sites for hydroxylation is 1. The maximum Gasteiger partial charge on any atom is 0.150 e. The van der Waals surface area contributed by atoms with Gasteiger partial charge in [-0.2, -0.15) is 5.10 Å². The molecule has 0 spiro atoms. The summed E-state index contributed by atoms with van der Waals surface area (Å²) < 4.78 is 29.1. The maximum atomic E-state index is 13.5. The molecule has 0 atom stereocenters. The summed E-state index contributed by atoms with van der Waals surface area (Å²) in [5.41, 5.74) is 0.921. The van der Waals surface area contributed by atoms with E-state index >= 15 is 0 Å². The van der Waals surface area contributed by atoms with E-state index in [1.54, 1.807) is 10.9 Å². The molecule has 2 rings (SSSR count). The van der Waals surface area contributed by atoms with Crippen LogP contribution in [0.25, 0.3) is 0 Å². The Morgan fingerprint density at radius 1 is 1.33 bits per heavy atom. The van der Waals surface area contributed by atoms with Crippen molar-refractivity contribution in [3.8, 4) is 0 Å². The van der Waals surface area contributed by atoms with Crippen LogP contribution < -0.4 is 5.32 Å². The van der Waals surface area contributed by atoms with Crippen LogP contribution in [-0.2, 0) is 13.5 Å². The Labute approximate surface area is 112 Å². The molecule has 0 aliphatic rings. The Hall–Kier alpha value is -1.43. The Morgan fingerprint density at radius 2 is 2.00 bits per heavy atom. The van der Waals surface area contributed by atoms with E-state index in [1.165, 1.54) is 12.1 Å². The predicted octanol–water partition coefficient (Wildman–Crippen LogP) is 3.12. The van der Waals surface area contributed by atoms with Crippen molar-refractivity contribution in [3.63, 3.8) is 0 Å². The summed E-state index contributed by atoms with van der Waals surface area (Å²) in [7, 11) is 1.82. The molecule has 1 N–H and O–H groups in total. The van der Waals surface area contributed by atoms with Crippen LogP contribution in [0.15, 0.2) is 29.0 Å². The molecule has 0 aliphatic carbocycles. The van der Waals surface area contributed by atoms with Gasteiger partial charge in [-0.15, -0.1) is 0 Å². The van der Waals surface area contributed by atoms with E-state index in [2.05, 4.69) is 26.3 Å². The monoisotopic (exact) mass is 315 g/mol. The van der Waals surface area contributed by atoms with Gasteiger partial charge in [0.2, 0.25) is 0 Å². The molecule has 6 heteroatoms. The van der Waals surface area contributed by atoms with E-state index in [1.807, 2.05) is 13.2 Å². The second-order valence-corrected chi connectivity index (χ2v) is 4.86. The highest BCUT2D eigenvalue weighted by atomic mass is 79.9. The molecule has 0 radical (unpaired) electrons. The number of rotatable bonds is 4. The van der Waals surface area contributed by atoms with Gasteiger partial charge < -0.3 is 5.32 Å². The number of hydrogen-bond acceptors (Lipinski definition) is 2. The van der Waals surface area contributed by atoms with Crippen LogP contribution in [0, 0.1) is 11.6 Å². The third-order valence-corrected chi connectivity index (χ3v) is 2.94. The van der Waals surface area contributed by atoms with Crippen molar-refractivity contribution in [2.45, 2.75) is 6.42 Å². The van der Waals surface area contributed by atoms with Crippen LogP contribution in [0.1, 0.15) is 5.56 Å². The Morgan fingerprint density at radius 3 is 2.56 bits per heavy atom. The number of benzene rings is 1. The van der Waals surface area contributed by atoms with Crippen LogP contribution in [0.5, 0.6) is 0 Å². The van der Waals surface area contributed by atoms with Gasteiger partial charge in [0.25, 0.3) is 0 Å².